The number of aromatic amines is 1. The van der Waals surface area contributed by atoms with Crippen LogP contribution in [0.1, 0.15) is 18.4 Å². The Morgan fingerprint density at radius 1 is 1.47 bits per heavy atom. The molecule has 1 aromatic heterocycles. The number of anilines is 1. The highest BCUT2D eigenvalue weighted by molar-refractivity contribution is 5.88. The molecule has 0 unspecified atom stereocenters. The first-order valence-electron chi connectivity index (χ1n) is 6.23. The maximum absolute atomic E-state index is 11.5. The lowest BCUT2D eigenvalue weighted by atomic mass is 10.2. The van der Waals surface area contributed by atoms with Crippen molar-refractivity contribution in [1.29, 1.82) is 0 Å². The normalized spacial score (nSPS) is 10.2. The van der Waals surface area contributed by atoms with Crippen molar-refractivity contribution in [2.75, 3.05) is 11.9 Å². The summed E-state index contributed by atoms with van der Waals surface area (Å²) in [4.78, 5) is 18.3. The molecule has 0 fully saturated rings. The summed E-state index contributed by atoms with van der Waals surface area (Å²) in [5, 5.41) is 2.67. The molecule has 0 bridgehead atoms. The predicted molar refractivity (Wildman–Crippen MR) is 73.1 cm³/mol. The standard InChI is InChI=1S/C14H17N3O2/c1-11-4-2-5-12(10-11)19-9-3-6-13(18)17-14-15-7-8-16-14/h2,4-5,7-8,10H,3,6,9H2,1H3,(H2,15,16,17,18). The second-order valence-electron chi connectivity index (χ2n) is 4.25. The third kappa shape index (κ3) is 4.46. The Balaban J connectivity index is 1.65. The Morgan fingerprint density at radius 3 is 3.11 bits per heavy atom. The highest BCUT2D eigenvalue weighted by Crippen LogP contribution is 2.12. The van der Waals surface area contributed by atoms with Crippen molar-refractivity contribution in [1.82, 2.24) is 9.97 Å². The van der Waals surface area contributed by atoms with Gasteiger partial charge in [0.25, 0.3) is 0 Å². The first-order chi connectivity index (χ1) is 9.24. The van der Waals surface area contributed by atoms with Crippen LogP contribution in [0.2, 0.25) is 0 Å². The van der Waals surface area contributed by atoms with Crippen LogP contribution in [0, 0.1) is 6.92 Å². The topological polar surface area (TPSA) is 67.0 Å². The van der Waals surface area contributed by atoms with Crippen molar-refractivity contribution in [2.45, 2.75) is 19.8 Å². The highest BCUT2D eigenvalue weighted by Gasteiger charge is 2.03. The van der Waals surface area contributed by atoms with Crippen molar-refractivity contribution in [3.05, 3.63) is 42.2 Å². The highest BCUT2D eigenvalue weighted by atomic mass is 16.5. The number of imidazole rings is 1. The molecule has 0 saturated carbocycles. The molecular formula is C14H17N3O2. The fraction of sp³-hybridized carbons (Fsp3) is 0.286. The summed E-state index contributed by atoms with van der Waals surface area (Å²) in [6.45, 7) is 2.54. The molecule has 0 saturated heterocycles. The van der Waals surface area contributed by atoms with Gasteiger partial charge >= 0.3 is 0 Å². The minimum atomic E-state index is -0.0669. The number of rotatable bonds is 6. The summed E-state index contributed by atoms with van der Waals surface area (Å²) in [6.07, 6.45) is 4.33. The van der Waals surface area contributed by atoms with E-state index in [1.807, 2.05) is 31.2 Å². The van der Waals surface area contributed by atoms with Gasteiger partial charge in [-0.3, -0.25) is 10.1 Å². The lowest BCUT2D eigenvalue weighted by molar-refractivity contribution is -0.116. The van der Waals surface area contributed by atoms with E-state index < -0.39 is 0 Å². The largest absolute Gasteiger partial charge is 0.494 e. The minimum Gasteiger partial charge on any atom is -0.494 e. The summed E-state index contributed by atoms with van der Waals surface area (Å²) < 4.78 is 5.57. The van der Waals surface area contributed by atoms with E-state index in [-0.39, 0.29) is 5.91 Å². The van der Waals surface area contributed by atoms with Crippen LogP contribution in [-0.4, -0.2) is 22.5 Å². The van der Waals surface area contributed by atoms with E-state index >= 15 is 0 Å². The second kappa shape index (κ2) is 6.58. The lowest BCUT2D eigenvalue weighted by Crippen LogP contribution is -2.13. The van der Waals surface area contributed by atoms with Crippen LogP contribution < -0.4 is 10.1 Å². The van der Waals surface area contributed by atoms with Crippen LogP contribution in [0.15, 0.2) is 36.7 Å². The average Bonchev–Trinajstić information content (AvgIpc) is 2.87. The molecule has 2 aromatic rings. The van der Waals surface area contributed by atoms with Crippen LogP contribution in [0.5, 0.6) is 5.75 Å². The zero-order valence-corrected chi connectivity index (χ0v) is 10.8. The van der Waals surface area contributed by atoms with Crippen LogP contribution in [0.25, 0.3) is 0 Å². The number of carbonyl (C=O) groups is 1. The van der Waals surface area contributed by atoms with Crippen molar-refractivity contribution in [2.24, 2.45) is 0 Å². The Hall–Kier alpha value is -2.30. The number of nitrogens with one attached hydrogen (secondary N) is 2. The van der Waals surface area contributed by atoms with Gasteiger partial charge in [0.2, 0.25) is 11.9 Å². The van der Waals surface area contributed by atoms with Gasteiger partial charge in [0.1, 0.15) is 5.75 Å². The van der Waals surface area contributed by atoms with Crippen molar-refractivity contribution in [3.63, 3.8) is 0 Å². The molecule has 19 heavy (non-hydrogen) atoms. The van der Waals surface area contributed by atoms with Gasteiger partial charge in [-0.1, -0.05) is 12.1 Å². The molecule has 1 amide bonds. The van der Waals surface area contributed by atoms with Crippen molar-refractivity contribution < 1.29 is 9.53 Å². The number of amides is 1. The summed E-state index contributed by atoms with van der Waals surface area (Å²) in [5.74, 6) is 1.25. The van der Waals surface area contributed by atoms with Gasteiger partial charge in [-0.05, 0) is 31.0 Å². The first kappa shape index (κ1) is 13.1. The number of aryl methyl sites for hydroxylation is 1. The van der Waals surface area contributed by atoms with E-state index in [1.165, 1.54) is 0 Å². The Kier molecular flexibility index (Phi) is 4.55. The molecule has 0 atom stereocenters. The van der Waals surface area contributed by atoms with Crippen molar-refractivity contribution in [3.8, 4) is 5.75 Å². The summed E-state index contributed by atoms with van der Waals surface area (Å²) in [7, 11) is 0. The van der Waals surface area contributed by atoms with Gasteiger partial charge in [0.05, 0.1) is 6.61 Å². The van der Waals surface area contributed by atoms with Crippen LogP contribution in [0.3, 0.4) is 0 Å². The zero-order chi connectivity index (χ0) is 13.5. The number of H-pyrrole nitrogens is 1. The molecule has 1 aromatic carbocycles. The number of aromatic nitrogens is 2. The number of hydrogen-bond donors (Lipinski definition) is 2. The first-order valence-corrected chi connectivity index (χ1v) is 6.23. The zero-order valence-electron chi connectivity index (χ0n) is 10.8. The van der Waals surface area contributed by atoms with E-state index in [4.69, 9.17) is 4.74 Å². The Morgan fingerprint density at radius 2 is 2.37 bits per heavy atom. The van der Waals surface area contributed by atoms with E-state index in [2.05, 4.69) is 15.3 Å². The quantitative estimate of drug-likeness (QED) is 0.783. The van der Waals surface area contributed by atoms with Crippen LogP contribution >= 0.6 is 0 Å². The number of ether oxygens (including phenoxy) is 1. The number of nitrogens with zero attached hydrogens (tertiary/aromatic N) is 1. The molecule has 0 aliphatic carbocycles. The Labute approximate surface area is 112 Å². The molecule has 5 nitrogen and oxygen atoms in total. The van der Waals surface area contributed by atoms with Gasteiger partial charge in [-0.15, -0.1) is 0 Å². The van der Waals surface area contributed by atoms with Gasteiger partial charge in [0.15, 0.2) is 0 Å². The predicted octanol–water partition coefficient (Wildman–Crippen LogP) is 2.52. The average molecular weight is 259 g/mol. The monoisotopic (exact) mass is 259 g/mol. The summed E-state index contributed by atoms with van der Waals surface area (Å²) in [6, 6.07) is 7.86. The van der Waals surface area contributed by atoms with Crippen LogP contribution in [-0.2, 0) is 4.79 Å². The summed E-state index contributed by atoms with van der Waals surface area (Å²) in [5.41, 5.74) is 1.16. The number of benzene rings is 1. The molecule has 2 N–H and O–H groups in total. The lowest BCUT2D eigenvalue weighted by Gasteiger charge is -2.06. The molecule has 100 valence electrons. The SMILES string of the molecule is Cc1cccc(OCCCC(=O)Nc2ncc[nH]2)c1. The Bertz CT molecular complexity index is 523. The van der Waals surface area contributed by atoms with E-state index in [0.29, 0.717) is 25.4 Å². The fourth-order valence-corrected chi connectivity index (χ4v) is 1.66. The molecule has 0 spiro atoms. The van der Waals surface area contributed by atoms with E-state index in [1.54, 1.807) is 12.4 Å². The molecule has 0 aliphatic heterocycles. The second-order valence-corrected chi connectivity index (χ2v) is 4.25. The minimum absolute atomic E-state index is 0.0669. The van der Waals surface area contributed by atoms with Crippen LogP contribution in [0.4, 0.5) is 5.95 Å². The van der Waals surface area contributed by atoms with Gasteiger partial charge in [-0.2, -0.15) is 0 Å². The number of carbonyl (C=O) groups excluding carboxylic acids is 1. The van der Waals surface area contributed by atoms with Crippen molar-refractivity contribution >= 4 is 11.9 Å². The third-order valence-corrected chi connectivity index (χ3v) is 2.56. The fourth-order valence-electron chi connectivity index (χ4n) is 1.66. The maximum Gasteiger partial charge on any atom is 0.226 e. The molecule has 1 heterocycles. The van der Waals surface area contributed by atoms with Gasteiger partial charge in [0, 0.05) is 18.8 Å². The van der Waals surface area contributed by atoms with E-state index in [0.717, 1.165) is 11.3 Å². The third-order valence-electron chi connectivity index (χ3n) is 2.56. The number of hydrogen-bond acceptors (Lipinski definition) is 3. The molecule has 0 aliphatic rings. The smallest absolute Gasteiger partial charge is 0.226 e. The molecule has 0 radical (unpaired) electrons. The van der Waals surface area contributed by atoms with Gasteiger partial charge in [-0.25, -0.2) is 4.98 Å². The molecule has 2 rings (SSSR count). The maximum atomic E-state index is 11.5. The molecule has 5 heteroatoms. The molecular weight excluding hydrogens is 242 g/mol. The van der Waals surface area contributed by atoms with E-state index in [9.17, 15) is 4.79 Å². The van der Waals surface area contributed by atoms with Gasteiger partial charge < -0.3 is 9.72 Å². The summed E-state index contributed by atoms with van der Waals surface area (Å²) >= 11 is 0.